The van der Waals surface area contributed by atoms with E-state index in [0.717, 1.165) is 5.56 Å². The van der Waals surface area contributed by atoms with Crippen molar-refractivity contribution < 1.29 is 19.1 Å². The van der Waals surface area contributed by atoms with Crippen molar-refractivity contribution in [1.82, 2.24) is 10.7 Å². The van der Waals surface area contributed by atoms with E-state index in [1.165, 1.54) is 13.3 Å². The Morgan fingerprint density at radius 1 is 1.04 bits per heavy atom. The van der Waals surface area contributed by atoms with Crippen LogP contribution in [0, 0.1) is 0 Å². The summed E-state index contributed by atoms with van der Waals surface area (Å²) in [6.45, 7) is 1.80. The number of rotatable bonds is 6. The molecule has 2 N–H and O–H groups in total. The normalized spacial score (nSPS) is 11.7. The first-order chi connectivity index (χ1) is 12.5. The summed E-state index contributed by atoms with van der Waals surface area (Å²) in [6, 6.07) is 14.2. The molecule has 0 radical (unpaired) electrons. The van der Waals surface area contributed by atoms with Crippen molar-refractivity contribution in [3.63, 3.8) is 0 Å². The fourth-order valence-electron chi connectivity index (χ4n) is 2.22. The predicted octanol–water partition coefficient (Wildman–Crippen LogP) is 2.03. The van der Waals surface area contributed by atoms with E-state index in [1.807, 2.05) is 30.3 Å². The molecule has 1 atom stereocenters. The number of benzene rings is 2. The van der Waals surface area contributed by atoms with E-state index in [-0.39, 0.29) is 6.04 Å². The third kappa shape index (κ3) is 5.07. The van der Waals surface area contributed by atoms with Gasteiger partial charge in [-0.25, -0.2) is 5.43 Å². The Balaban J connectivity index is 1.93. The topological polar surface area (TPSA) is 89.0 Å². The fraction of sp³-hybridized carbons (Fsp3) is 0.211. The van der Waals surface area contributed by atoms with Gasteiger partial charge in [0.25, 0.3) is 0 Å². The Kier molecular flexibility index (Phi) is 6.73. The number of ether oxygens (including phenoxy) is 2. The second-order valence-electron chi connectivity index (χ2n) is 5.41. The van der Waals surface area contributed by atoms with Crippen LogP contribution in [0.5, 0.6) is 11.5 Å². The zero-order valence-electron chi connectivity index (χ0n) is 14.9. The lowest BCUT2D eigenvalue weighted by Gasteiger charge is -2.13. The van der Waals surface area contributed by atoms with Gasteiger partial charge >= 0.3 is 11.8 Å². The molecular formula is C19H21N3O4. The van der Waals surface area contributed by atoms with Gasteiger partial charge in [-0.2, -0.15) is 5.10 Å². The number of nitrogens with one attached hydrogen (secondary N) is 2. The van der Waals surface area contributed by atoms with Gasteiger partial charge in [0, 0.05) is 11.6 Å². The van der Waals surface area contributed by atoms with E-state index >= 15 is 0 Å². The van der Waals surface area contributed by atoms with Crippen molar-refractivity contribution in [2.45, 2.75) is 13.0 Å². The highest BCUT2D eigenvalue weighted by molar-refractivity contribution is 6.35. The third-order valence-corrected chi connectivity index (χ3v) is 3.66. The highest BCUT2D eigenvalue weighted by Crippen LogP contribution is 2.22. The SMILES string of the molecule is COc1ccc(C=NNC(=O)C(=O)NC(C)c2ccccc2)c(OC)c1. The lowest BCUT2D eigenvalue weighted by atomic mass is 10.1. The third-order valence-electron chi connectivity index (χ3n) is 3.66. The van der Waals surface area contributed by atoms with Crippen molar-refractivity contribution in [2.24, 2.45) is 5.10 Å². The van der Waals surface area contributed by atoms with Gasteiger partial charge in [-0.15, -0.1) is 0 Å². The molecule has 0 heterocycles. The van der Waals surface area contributed by atoms with Gasteiger partial charge in [0.05, 0.1) is 26.5 Å². The molecule has 0 aliphatic carbocycles. The molecule has 0 bridgehead atoms. The summed E-state index contributed by atoms with van der Waals surface area (Å²) in [4.78, 5) is 23.8. The maximum Gasteiger partial charge on any atom is 0.329 e. The van der Waals surface area contributed by atoms with Gasteiger partial charge in [-0.05, 0) is 24.6 Å². The second kappa shape index (κ2) is 9.22. The van der Waals surface area contributed by atoms with Crippen LogP contribution in [0.4, 0.5) is 0 Å². The molecule has 0 aliphatic rings. The number of hydrogen-bond donors (Lipinski definition) is 2. The first-order valence-corrected chi connectivity index (χ1v) is 7.96. The first kappa shape index (κ1) is 19.0. The number of carbonyl (C=O) groups is 2. The zero-order chi connectivity index (χ0) is 18.9. The van der Waals surface area contributed by atoms with Crippen molar-refractivity contribution in [1.29, 1.82) is 0 Å². The van der Waals surface area contributed by atoms with Crippen molar-refractivity contribution in [3.05, 3.63) is 59.7 Å². The minimum absolute atomic E-state index is 0.292. The summed E-state index contributed by atoms with van der Waals surface area (Å²) >= 11 is 0. The molecule has 0 fully saturated rings. The van der Waals surface area contributed by atoms with Crippen LogP contribution in [-0.2, 0) is 9.59 Å². The molecule has 136 valence electrons. The van der Waals surface area contributed by atoms with E-state index in [4.69, 9.17) is 9.47 Å². The van der Waals surface area contributed by atoms with E-state index in [2.05, 4.69) is 15.8 Å². The summed E-state index contributed by atoms with van der Waals surface area (Å²) in [5.74, 6) is -0.446. The minimum Gasteiger partial charge on any atom is -0.497 e. The molecule has 2 aromatic carbocycles. The van der Waals surface area contributed by atoms with E-state index < -0.39 is 11.8 Å². The van der Waals surface area contributed by atoms with Crippen LogP contribution in [-0.4, -0.2) is 32.2 Å². The van der Waals surface area contributed by atoms with Crippen molar-refractivity contribution in [3.8, 4) is 11.5 Å². The summed E-state index contributed by atoms with van der Waals surface area (Å²) < 4.78 is 10.3. The molecule has 0 aromatic heterocycles. The van der Waals surface area contributed by atoms with E-state index in [1.54, 1.807) is 32.2 Å². The largest absolute Gasteiger partial charge is 0.497 e. The van der Waals surface area contributed by atoms with E-state index in [0.29, 0.717) is 17.1 Å². The lowest BCUT2D eigenvalue weighted by Crippen LogP contribution is -2.39. The van der Waals surface area contributed by atoms with Gasteiger partial charge in [-0.1, -0.05) is 30.3 Å². The van der Waals surface area contributed by atoms with Gasteiger partial charge < -0.3 is 14.8 Å². The number of hydrogen-bond acceptors (Lipinski definition) is 5. The van der Waals surface area contributed by atoms with Crippen LogP contribution in [0.15, 0.2) is 53.6 Å². The summed E-state index contributed by atoms with van der Waals surface area (Å²) in [6.07, 6.45) is 1.39. The van der Waals surface area contributed by atoms with Gasteiger partial charge in [0.2, 0.25) is 0 Å². The molecule has 2 aromatic rings. The molecule has 7 nitrogen and oxygen atoms in total. The van der Waals surface area contributed by atoms with Gasteiger partial charge in [-0.3, -0.25) is 9.59 Å². The number of carbonyl (C=O) groups excluding carboxylic acids is 2. The molecule has 26 heavy (non-hydrogen) atoms. The molecule has 0 spiro atoms. The smallest absolute Gasteiger partial charge is 0.329 e. The summed E-state index contributed by atoms with van der Waals surface area (Å²) in [5.41, 5.74) is 3.73. The average Bonchev–Trinajstić information content (AvgIpc) is 2.68. The van der Waals surface area contributed by atoms with Crippen LogP contribution in [0.2, 0.25) is 0 Å². The molecular weight excluding hydrogens is 334 g/mol. The first-order valence-electron chi connectivity index (χ1n) is 7.96. The van der Waals surface area contributed by atoms with Gasteiger partial charge in [0.1, 0.15) is 11.5 Å². The number of amides is 2. The number of hydrazone groups is 1. The fourth-order valence-corrected chi connectivity index (χ4v) is 2.22. The monoisotopic (exact) mass is 355 g/mol. The Bertz CT molecular complexity index is 791. The van der Waals surface area contributed by atoms with Crippen LogP contribution in [0.25, 0.3) is 0 Å². The highest BCUT2D eigenvalue weighted by Gasteiger charge is 2.16. The zero-order valence-corrected chi connectivity index (χ0v) is 14.9. The standard InChI is InChI=1S/C19H21N3O4/c1-13(14-7-5-4-6-8-14)21-18(23)19(24)22-20-12-15-9-10-16(25-2)11-17(15)26-3/h4-13H,1-3H3,(H,21,23)(H,22,24). The van der Waals surface area contributed by atoms with Crippen LogP contribution < -0.4 is 20.2 Å². The Labute approximate surface area is 152 Å². The van der Waals surface area contributed by atoms with Crippen LogP contribution in [0.1, 0.15) is 24.1 Å². The minimum atomic E-state index is -0.850. The lowest BCUT2D eigenvalue weighted by molar-refractivity contribution is -0.139. The summed E-state index contributed by atoms with van der Waals surface area (Å²) in [7, 11) is 3.07. The Morgan fingerprint density at radius 3 is 2.42 bits per heavy atom. The quantitative estimate of drug-likeness (QED) is 0.471. The van der Waals surface area contributed by atoms with E-state index in [9.17, 15) is 9.59 Å². The van der Waals surface area contributed by atoms with Crippen LogP contribution in [0.3, 0.4) is 0 Å². The number of nitrogens with zero attached hydrogens (tertiary/aromatic N) is 1. The molecule has 0 saturated carbocycles. The number of methoxy groups -OCH3 is 2. The van der Waals surface area contributed by atoms with Crippen LogP contribution >= 0.6 is 0 Å². The maximum absolute atomic E-state index is 11.9. The Morgan fingerprint density at radius 2 is 1.77 bits per heavy atom. The van der Waals surface area contributed by atoms with Gasteiger partial charge in [0.15, 0.2) is 0 Å². The molecule has 2 amide bonds. The molecule has 2 rings (SSSR count). The maximum atomic E-state index is 11.9. The molecule has 1 unspecified atom stereocenters. The average molecular weight is 355 g/mol. The van der Waals surface area contributed by atoms with Crippen molar-refractivity contribution >= 4 is 18.0 Å². The second-order valence-corrected chi connectivity index (χ2v) is 5.41. The highest BCUT2D eigenvalue weighted by atomic mass is 16.5. The molecule has 0 saturated heterocycles. The molecule has 0 aliphatic heterocycles. The predicted molar refractivity (Wildman–Crippen MR) is 98.3 cm³/mol. The van der Waals surface area contributed by atoms with Crippen molar-refractivity contribution in [2.75, 3.05) is 14.2 Å². The molecule has 7 heteroatoms. The summed E-state index contributed by atoms with van der Waals surface area (Å²) in [5, 5.41) is 6.42. The Hall–Kier alpha value is -3.35.